The summed E-state index contributed by atoms with van der Waals surface area (Å²) in [6, 6.07) is 0.0946. The zero-order valence-electron chi connectivity index (χ0n) is 13.9. The van der Waals surface area contributed by atoms with Crippen molar-refractivity contribution in [3.05, 3.63) is 10.8 Å². The van der Waals surface area contributed by atoms with Gasteiger partial charge in [0.2, 0.25) is 0 Å². The monoisotopic (exact) mass is 386 g/mol. The molecule has 23 heavy (non-hydrogen) atoms. The molecule has 2 heterocycles. The highest BCUT2D eigenvalue weighted by Gasteiger charge is 2.30. The second-order valence-corrected chi connectivity index (χ2v) is 7.15. The largest absolute Gasteiger partial charge is 0.475 e. The molecule has 1 unspecified atom stereocenters. The quantitative estimate of drug-likeness (QED) is 0.856. The van der Waals surface area contributed by atoms with Crippen LogP contribution in [0.1, 0.15) is 34.1 Å². The molecule has 7 nitrogen and oxygen atoms in total. The lowest BCUT2D eigenvalue weighted by molar-refractivity contribution is 0.0293. The predicted molar refractivity (Wildman–Crippen MR) is 90.7 cm³/mol. The van der Waals surface area contributed by atoms with Gasteiger partial charge in [-0.2, -0.15) is 0 Å². The van der Waals surface area contributed by atoms with Crippen LogP contribution in [-0.4, -0.2) is 52.3 Å². The molecule has 1 atom stereocenters. The van der Waals surface area contributed by atoms with Gasteiger partial charge in [0.1, 0.15) is 10.2 Å². The maximum absolute atomic E-state index is 12.1. The van der Waals surface area contributed by atoms with Crippen molar-refractivity contribution in [3.63, 3.8) is 0 Å². The fraction of sp³-hybridized carbons (Fsp3) is 0.667. The number of ether oxygens (including phenoxy) is 2. The molecular formula is C15H23BrN4O3. The van der Waals surface area contributed by atoms with Crippen molar-refractivity contribution in [3.8, 4) is 5.88 Å². The van der Waals surface area contributed by atoms with Gasteiger partial charge in [-0.25, -0.2) is 14.8 Å². The van der Waals surface area contributed by atoms with E-state index in [-0.39, 0.29) is 12.1 Å². The standard InChI is InChI=1S/C15H23BrN4O3/c1-5-22-13-12(17-8-11(16)19-13)18-10-6-7-20(9-10)14(21)23-15(2,3)4/h8,10H,5-7,9H2,1-4H3,(H,17,18). The molecule has 2 rings (SSSR count). The first-order valence-electron chi connectivity index (χ1n) is 7.68. The number of nitrogens with one attached hydrogen (secondary N) is 1. The molecule has 1 aliphatic rings. The Morgan fingerprint density at radius 2 is 2.26 bits per heavy atom. The van der Waals surface area contributed by atoms with Crippen LogP contribution in [0.4, 0.5) is 10.6 Å². The Balaban J connectivity index is 1.97. The number of aromatic nitrogens is 2. The summed E-state index contributed by atoms with van der Waals surface area (Å²) in [6.45, 7) is 9.22. The summed E-state index contributed by atoms with van der Waals surface area (Å²) in [5, 5.41) is 3.30. The van der Waals surface area contributed by atoms with Crippen molar-refractivity contribution in [2.45, 2.75) is 45.8 Å². The third-order valence-electron chi connectivity index (χ3n) is 3.17. The number of likely N-dealkylation sites (tertiary alicyclic amines) is 1. The molecular weight excluding hydrogens is 364 g/mol. The molecule has 1 amide bonds. The van der Waals surface area contributed by atoms with Gasteiger partial charge >= 0.3 is 6.09 Å². The summed E-state index contributed by atoms with van der Waals surface area (Å²) in [5.41, 5.74) is -0.484. The van der Waals surface area contributed by atoms with Gasteiger partial charge in [0.25, 0.3) is 5.88 Å². The summed E-state index contributed by atoms with van der Waals surface area (Å²) >= 11 is 3.28. The van der Waals surface area contributed by atoms with Crippen LogP contribution in [0.15, 0.2) is 10.8 Å². The van der Waals surface area contributed by atoms with Crippen LogP contribution in [0, 0.1) is 0 Å². The fourth-order valence-corrected chi connectivity index (χ4v) is 2.52. The normalized spacial score (nSPS) is 18.0. The zero-order chi connectivity index (χ0) is 17.0. The zero-order valence-corrected chi connectivity index (χ0v) is 15.5. The first-order chi connectivity index (χ1) is 10.8. The Labute approximate surface area is 144 Å². The number of nitrogens with zero attached hydrogens (tertiary/aromatic N) is 3. The highest BCUT2D eigenvalue weighted by molar-refractivity contribution is 9.10. The number of rotatable bonds is 4. The van der Waals surface area contributed by atoms with Crippen LogP contribution < -0.4 is 10.1 Å². The van der Waals surface area contributed by atoms with Crippen molar-refractivity contribution >= 4 is 27.8 Å². The maximum atomic E-state index is 12.1. The minimum atomic E-state index is -0.484. The number of anilines is 1. The number of carbonyl (C=O) groups excluding carboxylic acids is 1. The molecule has 1 saturated heterocycles. The molecule has 0 spiro atoms. The second-order valence-electron chi connectivity index (χ2n) is 6.34. The van der Waals surface area contributed by atoms with E-state index in [1.54, 1.807) is 11.1 Å². The number of carbonyl (C=O) groups is 1. The number of hydrogen-bond donors (Lipinski definition) is 1. The van der Waals surface area contributed by atoms with Crippen LogP contribution >= 0.6 is 15.9 Å². The highest BCUT2D eigenvalue weighted by atomic mass is 79.9. The third kappa shape index (κ3) is 5.23. The smallest absolute Gasteiger partial charge is 0.410 e. The Kier molecular flexibility index (Phi) is 5.67. The summed E-state index contributed by atoms with van der Waals surface area (Å²) in [7, 11) is 0. The SMILES string of the molecule is CCOc1nc(Br)cnc1NC1CCN(C(=O)OC(C)(C)C)C1. The number of amides is 1. The lowest BCUT2D eigenvalue weighted by Crippen LogP contribution is -2.36. The molecule has 8 heteroatoms. The van der Waals surface area contributed by atoms with Gasteiger partial charge in [0.05, 0.1) is 12.8 Å². The van der Waals surface area contributed by atoms with Gasteiger partial charge in [0.15, 0.2) is 5.82 Å². The maximum Gasteiger partial charge on any atom is 0.410 e. The molecule has 0 aliphatic carbocycles. The summed E-state index contributed by atoms with van der Waals surface area (Å²) in [4.78, 5) is 22.4. The highest BCUT2D eigenvalue weighted by Crippen LogP contribution is 2.24. The average molecular weight is 387 g/mol. The van der Waals surface area contributed by atoms with E-state index in [1.807, 2.05) is 27.7 Å². The van der Waals surface area contributed by atoms with Crippen molar-refractivity contribution in [1.29, 1.82) is 0 Å². The first kappa shape index (κ1) is 17.8. The van der Waals surface area contributed by atoms with Crippen LogP contribution in [0.2, 0.25) is 0 Å². The average Bonchev–Trinajstić information content (AvgIpc) is 2.89. The second kappa shape index (κ2) is 7.33. The third-order valence-corrected chi connectivity index (χ3v) is 3.56. The van der Waals surface area contributed by atoms with E-state index in [0.29, 0.717) is 36.0 Å². The minimum absolute atomic E-state index is 0.0946. The lowest BCUT2D eigenvalue weighted by Gasteiger charge is -2.24. The first-order valence-corrected chi connectivity index (χ1v) is 8.47. The van der Waals surface area contributed by atoms with E-state index >= 15 is 0 Å². The van der Waals surface area contributed by atoms with Crippen LogP contribution in [0.5, 0.6) is 5.88 Å². The van der Waals surface area contributed by atoms with Gasteiger partial charge in [-0.1, -0.05) is 0 Å². The van der Waals surface area contributed by atoms with E-state index < -0.39 is 5.60 Å². The fourth-order valence-electron chi connectivity index (χ4n) is 2.25. The van der Waals surface area contributed by atoms with Gasteiger partial charge in [-0.05, 0) is 50.0 Å². The van der Waals surface area contributed by atoms with E-state index in [4.69, 9.17) is 9.47 Å². The Morgan fingerprint density at radius 3 is 2.91 bits per heavy atom. The summed E-state index contributed by atoms with van der Waals surface area (Å²) in [5.74, 6) is 1.05. The van der Waals surface area contributed by atoms with E-state index in [0.717, 1.165) is 6.42 Å². The number of hydrogen-bond acceptors (Lipinski definition) is 6. The van der Waals surface area contributed by atoms with Crippen molar-refractivity contribution in [2.75, 3.05) is 25.0 Å². The van der Waals surface area contributed by atoms with Crippen molar-refractivity contribution < 1.29 is 14.3 Å². The molecule has 128 valence electrons. The van der Waals surface area contributed by atoms with Crippen LogP contribution in [0.25, 0.3) is 0 Å². The van der Waals surface area contributed by atoms with Gasteiger partial charge in [-0.15, -0.1) is 0 Å². The Morgan fingerprint density at radius 1 is 1.52 bits per heavy atom. The van der Waals surface area contributed by atoms with Crippen LogP contribution in [0.3, 0.4) is 0 Å². The van der Waals surface area contributed by atoms with E-state index in [1.165, 1.54) is 0 Å². The molecule has 1 aromatic rings. The molecule has 1 N–H and O–H groups in total. The molecule has 0 bridgehead atoms. The molecule has 0 aromatic carbocycles. The topological polar surface area (TPSA) is 76.6 Å². The molecule has 1 fully saturated rings. The minimum Gasteiger partial charge on any atom is -0.475 e. The molecule has 1 aromatic heterocycles. The molecule has 1 aliphatic heterocycles. The number of halogens is 1. The van der Waals surface area contributed by atoms with E-state index in [9.17, 15) is 4.79 Å². The van der Waals surface area contributed by atoms with Crippen molar-refractivity contribution in [1.82, 2.24) is 14.9 Å². The molecule has 0 saturated carbocycles. The molecule has 0 radical (unpaired) electrons. The van der Waals surface area contributed by atoms with Gasteiger partial charge < -0.3 is 19.7 Å². The van der Waals surface area contributed by atoms with Gasteiger partial charge in [0, 0.05) is 19.1 Å². The van der Waals surface area contributed by atoms with Crippen molar-refractivity contribution in [2.24, 2.45) is 0 Å². The van der Waals surface area contributed by atoms with Crippen LogP contribution in [-0.2, 0) is 4.74 Å². The van der Waals surface area contributed by atoms with Gasteiger partial charge in [-0.3, -0.25) is 0 Å². The Hall–Kier alpha value is -1.57. The van der Waals surface area contributed by atoms with E-state index in [2.05, 4.69) is 31.2 Å². The Bertz CT molecular complexity index is 562. The summed E-state index contributed by atoms with van der Waals surface area (Å²) < 4.78 is 11.5. The predicted octanol–water partition coefficient (Wildman–Crippen LogP) is 3.06. The lowest BCUT2D eigenvalue weighted by atomic mass is 10.2. The summed E-state index contributed by atoms with van der Waals surface area (Å²) in [6.07, 6.45) is 2.15.